The van der Waals surface area contributed by atoms with Crippen molar-refractivity contribution >= 4 is 21.6 Å². The highest BCUT2D eigenvalue weighted by Crippen LogP contribution is 2.24. The van der Waals surface area contributed by atoms with E-state index in [1.165, 1.54) is 15.2 Å². The minimum atomic E-state index is -3.22. The standard InChI is InChI=1S/C22H29N5O4S/c1-32(30,31)26-12-10-24(11-13-26)22(29)19-8-5-9-25(17-19)20-14-21(28)27(23-15-20)16-18-6-3-2-4-7-18/h2-4,6-7,14-15,19H,5,8-13,16-17H2,1H3/t19-/m1/s1. The molecule has 3 heterocycles. The van der Waals surface area contributed by atoms with E-state index in [-0.39, 0.29) is 17.4 Å². The first-order valence-corrected chi connectivity index (χ1v) is 12.8. The van der Waals surface area contributed by atoms with Crippen molar-refractivity contribution in [3.63, 3.8) is 0 Å². The number of nitrogens with zero attached hydrogens (tertiary/aromatic N) is 5. The van der Waals surface area contributed by atoms with Crippen LogP contribution in [0.5, 0.6) is 0 Å². The van der Waals surface area contributed by atoms with Crippen molar-refractivity contribution in [2.45, 2.75) is 19.4 Å². The van der Waals surface area contributed by atoms with Gasteiger partial charge in [-0.1, -0.05) is 30.3 Å². The van der Waals surface area contributed by atoms with E-state index in [0.717, 1.165) is 30.6 Å². The second-order valence-electron chi connectivity index (χ2n) is 8.47. The molecule has 9 nitrogen and oxygen atoms in total. The Balaban J connectivity index is 1.39. The summed E-state index contributed by atoms with van der Waals surface area (Å²) in [7, 11) is -3.22. The third-order valence-electron chi connectivity index (χ3n) is 6.19. The first-order chi connectivity index (χ1) is 15.3. The van der Waals surface area contributed by atoms with Crippen LogP contribution in [0.4, 0.5) is 5.69 Å². The van der Waals surface area contributed by atoms with Crippen molar-refractivity contribution < 1.29 is 13.2 Å². The first-order valence-electron chi connectivity index (χ1n) is 10.9. The topological polar surface area (TPSA) is 95.8 Å². The predicted molar refractivity (Wildman–Crippen MR) is 122 cm³/mol. The highest BCUT2D eigenvalue weighted by Gasteiger charge is 2.32. The number of benzene rings is 1. The molecule has 10 heteroatoms. The van der Waals surface area contributed by atoms with Crippen molar-refractivity contribution in [2.24, 2.45) is 5.92 Å². The highest BCUT2D eigenvalue weighted by atomic mass is 32.2. The van der Waals surface area contributed by atoms with Gasteiger partial charge in [0, 0.05) is 45.3 Å². The van der Waals surface area contributed by atoms with Gasteiger partial charge in [0.15, 0.2) is 0 Å². The molecule has 0 bridgehead atoms. The van der Waals surface area contributed by atoms with Gasteiger partial charge in [0.2, 0.25) is 15.9 Å². The number of sulfonamides is 1. The van der Waals surface area contributed by atoms with E-state index >= 15 is 0 Å². The van der Waals surface area contributed by atoms with Gasteiger partial charge in [-0.05, 0) is 18.4 Å². The number of rotatable bonds is 5. The molecule has 1 atom stereocenters. The summed E-state index contributed by atoms with van der Waals surface area (Å²) in [5.41, 5.74) is 1.57. The molecule has 0 radical (unpaired) electrons. The van der Waals surface area contributed by atoms with Gasteiger partial charge in [-0.15, -0.1) is 0 Å². The number of amides is 1. The Hall–Kier alpha value is -2.72. The molecule has 0 unspecified atom stereocenters. The summed E-state index contributed by atoms with van der Waals surface area (Å²) in [6.07, 6.45) is 4.54. The van der Waals surface area contributed by atoms with Crippen LogP contribution in [-0.2, 0) is 21.4 Å². The summed E-state index contributed by atoms with van der Waals surface area (Å²) in [6, 6.07) is 11.3. The van der Waals surface area contributed by atoms with Crippen molar-refractivity contribution in [1.29, 1.82) is 0 Å². The number of aromatic nitrogens is 2. The van der Waals surface area contributed by atoms with Gasteiger partial charge in [-0.25, -0.2) is 13.1 Å². The van der Waals surface area contributed by atoms with Crippen molar-refractivity contribution in [3.05, 3.63) is 58.5 Å². The van der Waals surface area contributed by atoms with Crippen LogP contribution in [0.1, 0.15) is 18.4 Å². The van der Waals surface area contributed by atoms with Gasteiger partial charge >= 0.3 is 0 Å². The Labute approximate surface area is 188 Å². The summed E-state index contributed by atoms with van der Waals surface area (Å²) >= 11 is 0. The average molecular weight is 460 g/mol. The van der Waals surface area contributed by atoms with Gasteiger partial charge in [-0.3, -0.25) is 9.59 Å². The Morgan fingerprint density at radius 1 is 1.09 bits per heavy atom. The van der Waals surface area contributed by atoms with Crippen LogP contribution in [0.3, 0.4) is 0 Å². The van der Waals surface area contributed by atoms with Gasteiger partial charge in [-0.2, -0.15) is 9.40 Å². The monoisotopic (exact) mass is 459 g/mol. The number of piperazine rings is 1. The minimum Gasteiger partial charge on any atom is -0.369 e. The fourth-order valence-corrected chi connectivity index (χ4v) is 5.21. The first kappa shape index (κ1) is 22.5. The van der Waals surface area contributed by atoms with Crippen LogP contribution in [0.2, 0.25) is 0 Å². The predicted octanol–water partition coefficient (Wildman–Crippen LogP) is 0.612. The van der Waals surface area contributed by atoms with E-state index in [0.29, 0.717) is 39.3 Å². The summed E-state index contributed by atoms with van der Waals surface area (Å²) in [5, 5.41) is 4.34. The van der Waals surface area contributed by atoms with E-state index in [4.69, 9.17) is 0 Å². The van der Waals surface area contributed by atoms with E-state index in [9.17, 15) is 18.0 Å². The number of carbonyl (C=O) groups is 1. The highest BCUT2D eigenvalue weighted by molar-refractivity contribution is 7.88. The van der Waals surface area contributed by atoms with E-state index in [1.807, 2.05) is 30.3 Å². The van der Waals surface area contributed by atoms with Crippen LogP contribution < -0.4 is 10.5 Å². The second-order valence-corrected chi connectivity index (χ2v) is 10.5. The summed E-state index contributed by atoms with van der Waals surface area (Å²) in [5.74, 6) is -0.103. The third-order valence-corrected chi connectivity index (χ3v) is 7.49. The second kappa shape index (κ2) is 9.41. The molecular formula is C22H29N5O4S. The zero-order valence-corrected chi connectivity index (χ0v) is 19.1. The van der Waals surface area contributed by atoms with Gasteiger partial charge < -0.3 is 9.80 Å². The molecule has 2 fully saturated rings. The molecule has 2 aliphatic heterocycles. The molecule has 0 spiro atoms. The lowest BCUT2D eigenvalue weighted by molar-refractivity contribution is -0.137. The molecule has 1 amide bonds. The van der Waals surface area contributed by atoms with E-state index < -0.39 is 10.0 Å². The third kappa shape index (κ3) is 5.18. The zero-order chi connectivity index (χ0) is 22.7. The Bertz CT molecular complexity index is 1110. The van der Waals surface area contributed by atoms with Crippen LogP contribution in [0, 0.1) is 5.92 Å². The van der Waals surface area contributed by atoms with Crippen molar-refractivity contribution in [2.75, 3.05) is 50.4 Å². The lowest BCUT2D eigenvalue weighted by Crippen LogP contribution is -2.53. The number of carbonyl (C=O) groups excluding carboxylic acids is 1. The Kier molecular flexibility index (Phi) is 6.61. The normalized spacial score (nSPS) is 20.3. The van der Waals surface area contributed by atoms with E-state index in [2.05, 4.69) is 10.00 Å². The van der Waals surface area contributed by atoms with Gasteiger partial charge in [0.05, 0.1) is 30.6 Å². The number of anilines is 1. The molecule has 1 aromatic carbocycles. The average Bonchev–Trinajstić information content (AvgIpc) is 2.80. The fraction of sp³-hybridized carbons (Fsp3) is 0.500. The van der Waals surface area contributed by atoms with Gasteiger partial charge in [0.25, 0.3) is 5.56 Å². The molecule has 32 heavy (non-hydrogen) atoms. The summed E-state index contributed by atoms with van der Waals surface area (Å²) < 4.78 is 26.3. The molecule has 0 N–H and O–H groups in total. The molecular weight excluding hydrogens is 430 g/mol. The summed E-state index contributed by atoms with van der Waals surface area (Å²) in [6.45, 7) is 3.24. The Morgan fingerprint density at radius 3 is 2.47 bits per heavy atom. The maximum absolute atomic E-state index is 13.1. The SMILES string of the molecule is CS(=O)(=O)N1CCN(C(=O)[C@@H]2CCCN(c3cnn(Cc4ccccc4)c(=O)c3)C2)CC1. The van der Waals surface area contributed by atoms with E-state index in [1.54, 1.807) is 17.2 Å². The maximum atomic E-state index is 13.1. The molecule has 2 saturated heterocycles. The quantitative estimate of drug-likeness (QED) is 0.650. The van der Waals surface area contributed by atoms with Gasteiger partial charge in [0.1, 0.15) is 0 Å². The molecule has 0 aliphatic carbocycles. The van der Waals surface area contributed by atoms with Crippen molar-refractivity contribution in [1.82, 2.24) is 19.0 Å². The van der Waals surface area contributed by atoms with Crippen LogP contribution in [-0.4, -0.2) is 78.8 Å². The number of piperidine rings is 1. The lowest BCUT2D eigenvalue weighted by Gasteiger charge is -2.38. The summed E-state index contributed by atoms with van der Waals surface area (Å²) in [4.78, 5) is 29.5. The molecule has 2 aliphatic rings. The molecule has 172 valence electrons. The van der Waals surface area contributed by atoms with Crippen LogP contribution in [0.25, 0.3) is 0 Å². The molecule has 1 aromatic heterocycles. The van der Waals surface area contributed by atoms with Crippen LogP contribution >= 0.6 is 0 Å². The molecule has 4 rings (SSSR count). The van der Waals surface area contributed by atoms with Crippen LogP contribution in [0.15, 0.2) is 47.4 Å². The fourth-order valence-electron chi connectivity index (χ4n) is 4.38. The molecule has 2 aromatic rings. The molecule has 0 saturated carbocycles. The van der Waals surface area contributed by atoms with Crippen molar-refractivity contribution in [3.8, 4) is 0 Å². The largest absolute Gasteiger partial charge is 0.369 e. The maximum Gasteiger partial charge on any atom is 0.269 e. The lowest BCUT2D eigenvalue weighted by atomic mass is 9.96. The minimum absolute atomic E-state index is 0.0632. The smallest absolute Gasteiger partial charge is 0.269 e. The zero-order valence-electron chi connectivity index (χ0n) is 18.3. The Morgan fingerprint density at radius 2 is 1.81 bits per heavy atom. The number of hydrogen-bond acceptors (Lipinski definition) is 6. The number of hydrogen-bond donors (Lipinski definition) is 0.